The summed E-state index contributed by atoms with van der Waals surface area (Å²) in [7, 11) is 3.61. The van der Waals surface area contributed by atoms with Gasteiger partial charge in [-0.2, -0.15) is 0 Å². The van der Waals surface area contributed by atoms with Gasteiger partial charge in [-0.1, -0.05) is 44.2 Å². The van der Waals surface area contributed by atoms with E-state index in [2.05, 4.69) is 13.8 Å². The number of hydrogen-bond acceptors (Lipinski definition) is 1. The summed E-state index contributed by atoms with van der Waals surface area (Å²) in [6.45, 7) is 4.16. The Balaban J connectivity index is 2.99. The van der Waals surface area contributed by atoms with E-state index in [4.69, 9.17) is 0 Å². The van der Waals surface area contributed by atoms with Gasteiger partial charge in [0.05, 0.1) is 5.92 Å². The molecule has 0 aromatic heterocycles. The van der Waals surface area contributed by atoms with Crippen molar-refractivity contribution in [3.05, 3.63) is 35.9 Å². The first-order valence-corrected chi connectivity index (χ1v) is 5.30. The maximum Gasteiger partial charge on any atom is 0.229 e. The highest BCUT2D eigenvalue weighted by molar-refractivity contribution is 5.83. The van der Waals surface area contributed by atoms with Crippen LogP contribution in [0.3, 0.4) is 0 Å². The summed E-state index contributed by atoms with van der Waals surface area (Å²) in [6.07, 6.45) is 0. The lowest BCUT2D eigenvalue weighted by Gasteiger charge is -2.23. The van der Waals surface area contributed by atoms with Gasteiger partial charge in [0.15, 0.2) is 0 Å². The van der Waals surface area contributed by atoms with Crippen molar-refractivity contribution in [2.45, 2.75) is 19.8 Å². The van der Waals surface area contributed by atoms with Gasteiger partial charge >= 0.3 is 0 Å². The fraction of sp³-hybridized carbons (Fsp3) is 0.462. The SMILES string of the molecule is CC(C)[C@H](C(=O)N(C)C)c1ccccc1. The molecule has 1 rings (SSSR count). The van der Waals surface area contributed by atoms with E-state index in [1.165, 1.54) is 0 Å². The van der Waals surface area contributed by atoms with Crippen molar-refractivity contribution in [3.8, 4) is 0 Å². The molecule has 0 radical (unpaired) electrons. The molecule has 0 aliphatic carbocycles. The molecule has 1 aromatic carbocycles. The molecule has 0 saturated heterocycles. The van der Waals surface area contributed by atoms with E-state index in [1.54, 1.807) is 19.0 Å². The van der Waals surface area contributed by atoms with Crippen LogP contribution in [0, 0.1) is 5.92 Å². The van der Waals surface area contributed by atoms with Crippen LogP contribution in [-0.2, 0) is 4.79 Å². The van der Waals surface area contributed by atoms with Crippen LogP contribution in [0.2, 0.25) is 0 Å². The van der Waals surface area contributed by atoms with Gasteiger partial charge < -0.3 is 4.90 Å². The van der Waals surface area contributed by atoms with Crippen LogP contribution in [0.4, 0.5) is 0 Å². The van der Waals surface area contributed by atoms with Gasteiger partial charge in [-0.3, -0.25) is 4.79 Å². The highest BCUT2D eigenvalue weighted by atomic mass is 16.2. The standard InChI is InChI=1S/C13H19NO/c1-10(2)12(13(15)14(3)4)11-8-6-5-7-9-11/h5-10,12H,1-4H3/t12-/m0/s1. The summed E-state index contributed by atoms with van der Waals surface area (Å²) in [4.78, 5) is 13.7. The highest BCUT2D eigenvalue weighted by Crippen LogP contribution is 2.25. The Morgan fingerprint density at radius 1 is 1.13 bits per heavy atom. The Kier molecular flexibility index (Phi) is 3.89. The molecule has 0 N–H and O–H groups in total. The number of carbonyl (C=O) groups excluding carboxylic acids is 1. The summed E-state index contributed by atoms with van der Waals surface area (Å²) in [5, 5.41) is 0. The molecular weight excluding hydrogens is 186 g/mol. The Hall–Kier alpha value is -1.31. The van der Waals surface area contributed by atoms with Gasteiger partial charge in [0.2, 0.25) is 5.91 Å². The molecule has 0 aliphatic heterocycles. The van der Waals surface area contributed by atoms with Crippen LogP contribution in [0.5, 0.6) is 0 Å². The predicted molar refractivity (Wildman–Crippen MR) is 62.7 cm³/mol. The summed E-state index contributed by atoms with van der Waals surface area (Å²) in [5.41, 5.74) is 1.10. The average molecular weight is 205 g/mol. The van der Waals surface area contributed by atoms with Crippen molar-refractivity contribution in [1.82, 2.24) is 4.90 Å². The Morgan fingerprint density at radius 3 is 2.07 bits per heavy atom. The molecule has 15 heavy (non-hydrogen) atoms. The van der Waals surface area contributed by atoms with Crippen molar-refractivity contribution >= 4 is 5.91 Å². The third-order valence-electron chi connectivity index (χ3n) is 2.53. The third-order valence-corrected chi connectivity index (χ3v) is 2.53. The van der Waals surface area contributed by atoms with E-state index in [0.29, 0.717) is 5.92 Å². The zero-order valence-corrected chi connectivity index (χ0v) is 9.90. The van der Waals surface area contributed by atoms with E-state index in [1.807, 2.05) is 30.3 Å². The van der Waals surface area contributed by atoms with E-state index in [0.717, 1.165) is 5.56 Å². The maximum atomic E-state index is 12.0. The van der Waals surface area contributed by atoms with Crippen molar-refractivity contribution < 1.29 is 4.79 Å². The van der Waals surface area contributed by atoms with Crippen LogP contribution in [0.1, 0.15) is 25.3 Å². The summed E-state index contributed by atoms with van der Waals surface area (Å²) in [5.74, 6) is 0.472. The average Bonchev–Trinajstić information content (AvgIpc) is 2.18. The Morgan fingerprint density at radius 2 is 1.67 bits per heavy atom. The molecule has 0 saturated carbocycles. The van der Waals surface area contributed by atoms with Crippen LogP contribution in [-0.4, -0.2) is 24.9 Å². The number of amides is 1. The van der Waals surface area contributed by atoms with Gasteiger partial charge in [0.25, 0.3) is 0 Å². The fourth-order valence-corrected chi connectivity index (χ4v) is 1.75. The minimum atomic E-state index is -0.0267. The number of hydrogen-bond donors (Lipinski definition) is 0. The summed E-state index contributed by atoms with van der Waals surface area (Å²) in [6, 6.07) is 9.97. The molecule has 82 valence electrons. The molecule has 1 amide bonds. The van der Waals surface area contributed by atoms with Gasteiger partial charge in [0, 0.05) is 14.1 Å². The zero-order valence-electron chi connectivity index (χ0n) is 9.90. The van der Waals surface area contributed by atoms with Gasteiger partial charge in [-0.25, -0.2) is 0 Å². The number of nitrogens with zero attached hydrogens (tertiary/aromatic N) is 1. The molecule has 2 heteroatoms. The van der Waals surface area contributed by atoms with Crippen molar-refractivity contribution in [1.29, 1.82) is 0 Å². The molecule has 0 bridgehead atoms. The first kappa shape index (κ1) is 11.8. The highest BCUT2D eigenvalue weighted by Gasteiger charge is 2.24. The monoisotopic (exact) mass is 205 g/mol. The lowest BCUT2D eigenvalue weighted by atomic mass is 9.87. The topological polar surface area (TPSA) is 20.3 Å². The summed E-state index contributed by atoms with van der Waals surface area (Å²) < 4.78 is 0. The molecule has 0 spiro atoms. The zero-order chi connectivity index (χ0) is 11.4. The van der Waals surface area contributed by atoms with E-state index in [9.17, 15) is 4.79 Å². The molecule has 0 aliphatic rings. The van der Waals surface area contributed by atoms with E-state index in [-0.39, 0.29) is 11.8 Å². The molecule has 1 aromatic rings. The minimum absolute atomic E-state index is 0.0267. The molecule has 0 unspecified atom stereocenters. The Labute approximate surface area is 91.9 Å². The van der Waals surface area contributed by atoms with Crippen LogP contribution in [0.25, 0.3) is 0 Å². The quantitative estimate of drug-likeness (QED) is 0.742. The molecule has 2 nitrogen and oxygen atoms in total. The fourth-order valence-electron chi connectivity index (χ4n) is 1.75. The third kappa shape index (κ3) is 2.82. The second-order valence-corrected chi connectivity index (χ2v) is 4.37. The minimum Gasteiger partial charge on any atom is -0.348 e. The van der Waals surface area contributed by atoms with Gasteiger partial charge in [0.1, 0.15) is 0 Å². The van der Waals surface area contributed by atoms with Crippen molar-refractivity contribution in [2.75, 3.05) is 14.1 Å². The number of rotatable bonds is 3. The number of benzene rings is 1. The predicted octanol–water partition coefficient (Wildman–Crippen LogP) is 2.51. The van der Waals surface area contributed by atoms with Gasteiger partial charge in [-0.05, 0) is 11.5 Å². The van der Waals surface area contributed by atoms with Crippen LogP contribution in [0.15, 0.2) is 30.3 Å². The second-order valence-electron chi connectivity index (χ2n) is 4.37. The molecular formula is C13H19NO. The van der Waals surface area contributed by atoms with Crippen molar-refractivity contribution in [2.24, 2.45) is 5.92 Å². The van der Waals surface area contributed by atoms with Crippen LogP contribution >= 0.6 is 0 Å². The van der Waals surface area contributed by atoms with Gasteiger partial charge in [-0.15, -0.1) is 0 Å². The number of carbonyl (C=O) groups is 1. The Bertz CT molecular complexity index is 317. The van der Waals surface area contributed by atoms with E-state index >= 15 is 0 Å². The number of likely N-dealkylation sites (N-methyl/N-ethyl adjacent to an activating group) is 1. The van der Waals surface area contributed by atoms with E-state index < -0.39 is 0 Å². The lowest BCUT2D eigenvalue weighted by molar-refractivity contribution is -0.131. The second kappa shape index (κ2) is 4.96. The largest absolute Gasteiger partial charge is 0.348 e. The molecule has 1 atom stereocenters. The summed E-state index contributed by atoms with van der Waals surface area (Å²) >= 11 is 0. The molecule has 0 heterocycles. The molecule has 0 fully saturated rings. The van der Waals surface area contributed by atoms with Crippen molar-refractivity contribution in [3.63, 3.8) is 0 Å². The normalized spacial score (nSPS) is 12.6. The maximum absolute atomic E-state index is 12.0. The first-order chi connectivity index (χ1) is 7.04. The lowest BCUT2D eigenvalue weighted by Crippen LogP contribution is -2.31. The first-order valence-electron chi connectivity index (χ1n) is 5.30. The van der Waals surface area contributed by atoms with Crippen LogP contribution < -0.4 is 0 Å². The smallest absolute Gasteiger partial charge is 0.229 e.